The van der Waals surface area contributed by atoms with Crippen molar-refractivity contribution in [1.82, 2.24) is 0 Å². The minimum atomic E-state index is -0.943. The Morgan fingerprint density at radius 2 is 1.14 bits per heavy atom. The fourth-order valence-corrected chi connectivity index (χ4v) is 4.44. The average Bonchev–Trinajstić information content (AvgIpc) is 3.59. The molecule has 228 valence electrons. The highest BCUT2D eigenvalue weighted by Gasteiger charge is 2.35. The summed E-state index contributed by atoms with van der Waals surface area (Å²) in [6, 6.07) is 23.9. The Balaban J connectivity index is 1.60. The molecule has 44 heavy (non-hydrogen) atoms. The number of amides is 4. The van der Waals surface area contributed by atoms with Gasteiger partial charge < -0.3 is 14.6 Å². The standard InChI is InChI=1S/C34H36N4O6/c1-22(2)32(40)44-25(5)38(27-17-12-9-13-18-27)34(42)36(7)29-20-14-19-28(21-29)35(6)33(41)37(26-15-10-8-11-16-26)24(4)43-31-23(3)30(31)39/h8-21,24-25,39H,1,3H2,2,4-7H3. The number of ether oxygens (including phenoxy) is 2. The maximum Gasteiger partial charge on any atom is 0.335 e. The lowest BCUT2D eigenvalue weighted by Gasteiger charge is -2.34. The fourth-order valence-electron chi connectivity index (χ4n) is 4.44. The van der Waals surface area contributed by atoms with Crippen LogP contribution in [0.25, 0.3) is 0 Å². The summed E-state index contributed by atoms with van der Waals surface area (Å²) in [4.78, 5) is 45.8. The Bertz CT molecular complexity index is 1600. The van der Waals surface area contributed by atoms with Gasteiger partial charge in [-0.3, -0.25) is 19.6 Å². The van der Waals surface area contributed by atoms with Gasteiger partial charge in [0.1, 0.15) is 0 Å². The number of hydrogen-bond acceptors (Lipinski definition) is 6. The molecule has 4 rings (SSSR count). The molecule has 0 aliphatic heterocycles. The van der Waals surface area contributed by atoms with Gasteiger partial charge in [0.25, 0.3) is 0 Å². The lowest BCUT2D eigenvalue weighted by Crippen LogP contribution is -2.48. The molecule has 3 aromatic carbocycles. The number of benzene rings is 3. The molecule has 0 bridgehead atoms. The van der Waals surface area contributed by atoms with Crippen LogP contribution in [0.15, 0.2) is 121 Å². The fraction of sp³-hybridized carbons (Fsp3) is 0.206. The number of rotatable bonds is 10. The smallest absolute Gasteiger partial charge is 0.335 e. The topological polar surface area (TPSA) is 103 Å². The summed E-state index contributed by atoms with van der Waals surface area (Å²) < 4.78 is 11.4. The van der Waals surface area contributed by atoms with Crippen LogP contribution < -0.4 is 19.6 Å². The van der Waals surface area contributed by atoms with Crippen molar-refractivity contribution in [3.8, 4) is 0 Å². The Morgan fingerprint density at radius 1 is 0.727 bits per heavy atom. The van der Waals surface area contributed by atoms with Gasteiger partial charge in [0.05, 0.1) is 5.57 Å². The Hall–Kier alpha value is -5.51. The molecule has 4 amide bonds. The van der Waals surface area contributed by atoms with Crippen LogP contribution in [0.2, 0.25) is 0 Å². The van der Waals surface area contributed by atoms with E-state index in [1.807, 2.05) is 24.3 Å². The van der Waals surface area contributed by atoms with Crippen molar-refractivity contribution in [1.29, 1.82) is 0 Å². The van der Waals surface area contributed by atoms with Gasteiger partial charge in [-0.2, -0.15) is 0 Å². The molecule has 2 unspecified atom stereocenters. The lowest BCUT2D eigenvalue weighted by atomic mass is 10.2. The largest absolute Gasteiger partial charge is 0.504 e. The molecule has 10 heteroatoms. The summed E-state index contributed by atoms with van der Waals surface area (Å²) >= 11 is 0. The number of aliphatic hydroxyl groups is 1. The van der Waals surface area contributed by atoms with E-state index in [1.54, 1.807) is 88.6 Å². The van der Waals surface area contributed by atoms with E-state index < -0.39 is 30.5 Å². The van der Waals surface area contributed by atoms with Gasteiger partial charge in [0.2, 0.25) is 0 Å². The number of allylic oxidation sites excluding steroid dienone is 2. The SMILES string of the molecule is C=C(C)C(=O)OC(C)N(C(=O)N(C)c1cccc(N(C)C(=O)N(c2ccccc2)C(C)OC2=C(O)C2=C)c1)c1ccccc1. The molecule has 0 aromatic heterocycles. The minimum Gasteiger partial charge on any atom is -0.504 e. The zero-order valence-corrected chi connectivity index (χ0v) is 25.4. The normalized spacial score (nSPS) is 13.3. The molecule has 0 spiro atoms. The number of nitrogens with zero attached hydrogens (tertiary/aromatic N) is 4. The highest BCUT2D eigenvalue weighted by Crippen LogP contribution is 2.37. The van der Waals surface area contributed by atoms with Crippen LogP contribution in [0, 0.1) is 0 Å². The first-order valence-electron chi connectivity index (χ1n) is 13.9. The van der Waals surface area contributed by atoms with E-state index in [0.29, 0.717) is 28.3 Å². The van der Waals surface area contributed by atoms with Crippen molar-refractivity contribution in [2.24, 2.45) is 0 Å². The molecule has 3 aromatic rings. The van der Waals surface area contributed by atoms with Crippen molar-refractivity contribution in [3.63, 3.8) is 0 Å². The van der Waals surface area contributed by atoms with Crippen LogP contribution >= 0.6 is 0 Å². The van der Waals surface area contributed by atoms with E-state index in [-0.39, 0.29) is 17.1 Å². The van der Waals surface area contributed by atoms with Gasteiger partial charge in [-0.1, -0.05) is 55.6 Å². The Morgan fingerprint density at radius 3 is 1.55 bits per heavy atom. The highest BCUT2D eigenvalue weighted by molar-refractivity contribution is 6.06. The summed E-state index contributed by atoms with van der Waals surface area (Å²) in [6.07, 6.45) is -1.72. The second-order valence-electron chi connectivity index (χ2n) is 10.3. The van der Waals surface area contributed by atoms with Gasteiger partial charge >= 0.3 is 18.0 Å². The molecule has 0 fully saturated rings. The predicted molar refractivity (Wildman–Crippen MR) is 172 cm³/mol. The van der Waals surface area contributed by atoms with Crippen molar-refractivity contribution in [2.75, 3.05) is 33.7 Å². The van der Waals surface area contributed by atoms with Crippen LogP contribution in [-0.2, 0) is 14.3 Å². The third-order valence-corrected chi connectivity index (χ3v) is 7.01. The van der Waals surface area contributed by atoms with Crippen molar-refractivity contribution >= 4 is 40.8 Å². The number of carbonyl (C=O) groups excluding carboxylic acids is 3. The molecule has 0 saturated heterocycles. The van der Waals surface area contributed by atoms with Crippen LogP contribution in [0.4, 0.5) is 32.3 Å². The molecule has 2 atom stereocenters. The van der Waals surface area contributed by atoms with Crippen molar-refractivity contribution in [3.05, 3.63) is 121 Å². The van der Waals surface area contributed by atoms with Crippen molar-refractivity contribution < 1.29 is 29.0 Å². The summed E-state index contributed by atoms with van der Waals surface area (Å²) in [5, 5.41) is 9.84. The summed E-state index contributed by atoms with van der Waals surface area (Å²) in [7, 11) is 3.22. The van der Waals surface area contributed by atoms with Crippen LogP contribution in [-0.4, -0.2) is 49.7 Å². The quantitative estimate of drug-likeness (QED) is 0.154. The molecule has 1 aliphatic rings. The molecular formula is C34H36N4O6. The molecule has 0 radical (unpaired) electrons. The third-order valence-electron chi connectivity index (χ3n) is 7.01. The summed E-state index contributed by atoms with van der Waals surface area (Å²) in [5.74, 6) is -0.365. The van der Waals surface area contributed by atoms with Crippen LogP contribution in [0.5, 0.6) is 0 Å². The van der Waals surface area contributed by atoms with E-state index in [1.165, 1.54) is 26.5 Å². The Labute approximate surface area is 257 Å². The molecule has 1 N–H and O–H groups in total. The zero-order chi connectivity index (χ0) is 32.1. The molecule has 1 aliphatic carbocycles. The van der Waals surface area contributed by atoms with E-state index in [2.05, 4.69) is 13.2 Å². The number of aliphatic hydroxyl groups excluding tert-OH is 1. The summed E-state index contributed by atoms with van der Waals surface area (Å²) in [6.45, 7) is 12.2. The maximum absolute atomic E-state index is 13.9. The maximum atomic E-state index is 13.9. The van der Waals surface area contributed by atoms with Gasteiger partial charge in [0, 0.05) is 42.4 Å². The first-order chi connectivity index (χ1) is 20.9. The third kappa shape index (κ3) is 6.75. The van der Waals surface area contributed by atoms with Crippen molar-refractivity contribution in [2.45, 2.75) is 33.2 Å². The van der Waals surface area contributed by atoms with Crippen LogP contribution in [0.1, 0.15) is 20.8 Å². The van der Waals surface area contributed by atoms with Gasteiger partial charge in [-0.15, -0.1) is 0 Å². The minimum absolute atomic E-state index is 0.0145. The van der Waals surface area contributed by atoms with Gasteiger partial charge in [-0.25, -0.2) is 14.4 Å². The van der Waals surface area contributed by atoms with E-state index >= 15 is 0 Å². The molecule has 0 heterocycles. The highest BCUT2D eigenvalue weighted by atomic mass is 16.6. The second kappa shape index (κ2) is 13.2. The molecular weight excluding hydrogens is 560 g/mol. The lowest BCUT2D eigenvalue weighted by molar-refractivity contribution is -0.142. The number of carbonyl (C=O) groups is 3. The first-order valence-corrected chi connectivity index (χ1v) is 13.9. The summed E-state index contributed by atoms with van der Waals surface area (Å²) in [5.41, 5.74) is 2.73. The van der Waals surface area contributed by atoms with E-state index in [4.69, 9.17) is 9.47 Å². The van der Waals surface area contributed by atoms with E-state index in [9.17, 15) is 19.5 Å². The Kier molecular flexibility index (Phi) is 9.43. The van der Waals surface area contributed by atoms with Gasteiger partial charge in [0.15, 0.2) is 24.0 Å². The average molecular weight is 597 g/mol. The number of esters is 1. The first kappa shape index (κ1) is 31.4. The van der Waals surface area contributed by atoms with E-state index in [0.717, 1.165) is 0 Å². The number of anilines is 4. The number of urea groups is 2. The number of hydrogen-bond donors (Lipinski definition) is 1. The van der Waals surface area contributed by atoms with Gasteiger partial charge in [-0.05, 0) is 63.2 Å². The molecule has 10 nitrogen and oxygen atoms in total. The predicted octanol–water partition coefficient (Wildman–Crippen LogP) is 6.98. The molecule has 0 saturated carbocycles. The zero-order valence-electron chi connectivity index (χ0n) is 25.4. The van der Waals surface area contributed by atoms with Crippen LogP contribution in [0.3, 0.4) is 0 Å². The monoisotopic (exact) mass is 596 g/mol. The second-order valence-corrected chi connectivity index (χ2v) is 10.3. The number of para-hydroxylation sites is 2.